The quantitative estimate of drug-likeness (QED) is 0.262. The molecule has 0 unspecified atom stereocenters. The van der Waals surface area contributed by atoms with Crippen LogP contribution in [0.2, 0.25) is 10.0 Å². The van der Waals surface area contributed by atoms with Gasteiger partial charge in [-0.15, -0.1) is 0 Å². The summed E-state index contributed by atoms with van der Waals surface area (Å²) in [5, 5.41) is 7.16. The molecule has 2 amide bonds. The third-order valence-electron chi connectivity index (χ3n) is 5.21. The molecule has 0 saturated heterocycles. The SMILES string of the molecule is C[C@@H](NC(=O)COc1ccc(/C=N\NC(=O)CN(c2ccc(Cl)c(Cl)c2)S(C)(=O)=O)cc1)c1ccccc1. The van der Waals surface area contributed by atoms with Gasteiger partial charge in [0.1, 0.15) is 12.3 Å². The number of amides is 2. The molecule has 0 aromatic heterocycles. The first kappa shape index (κ1) is 29.0. The number of hydrogen-bond acceptors (Lipinski definition) is 6. The standard InChI is InChI=1S/C26H26Cl2N4O5S/c1-18(20-6-4-3-5-7-20)30-26(34)17-37-22-11-8-19(9-12-22)15-29-31-25(33)16-32(38(2,35)36)21-10-13-23(27)24(28)14-21/h3-15,18H,16-17H2,1-2H3,(H,30,34)(H,31,33)/b29-15-/t18-/m1/s1. The molecule has 1 atom stereocenters. The predicted octanol–water partition coefficient (Wildman–Crippen LogP) is 4.17. The summed E-state index contributed by atoms with van der Waals surface area (Å²) >= 11 is 11.9. The lowest BCUT2D eigenvalue weighted by molar-refractivity contribution is -0.123. The van der Waals surface area contributed by atoms with Crippen molar-refractivity contribution in [1.29, 1.82) is 0 Å². The van der Waals surface area contributed by atoms with Gasteiger partial charge >= 0.3 is 0 Å². The molecule has 3 aromatic carbocycles. The summed E-state index contributed by atoms with van der Waals surface area (Å²) < 4.78 is 30.8. The number of nitrogens with one attached hydrogen (secondary N) is 2. The molecule has 9 nitrogen and oxygen atoms in total. The predicted molar refractivity (Wildman–Crippen MR) is 149 cm³/mol. The molecule has 0 aliphatic heterocycles. The van der Waals surface area contributed by atoms with E-state index in [2.05, 4.69) is 15.8 Å². The fourth-order valence-electron chi connectivity index (χ4n) is 3.29. The van der Waals surface area contributed by atoms with Crippen molar-refractivity contribution in [2.24, 2.45) is 5.10 Å². The Hall–Kier alpha value is -3.60. The second kappa shape index (κ2) is 13.3. The van der Waals surface area contributed by atoms with E-state index >= 15 is 0 Å². The summed E-state index contributed by atoms with van der Waals surface area (Å²) in [6.45, 7) is 1.24. The van der Waals surface area contributed by atoms with Crippen molar-refractivity contribution >= 4 is 56.9 Å². The molecule has 200 valence electrons. The van der Waals surface area contributed by atoms with Crippen molar-refractivity contribution in [2.75, 3.05) is 23.7 Å². The number of carbonyl (C=O) groups is 2. The zero-order chi connectivity index (χ0) is 27.7. The van der Waals surface area contributed by atoms with E-state index < -0.39 is 22.5 Å². The average Bonchev–Trinajstić information content (AvgIpc) is 2.88. The molecule has 0 aliphatic carbocycles. The first-order chi connectivity index (χ1) is 18.0. The molecule has 0 spiro atoms. The van der Waals surface area contributed by atoms with Crippen LogP contribution in [-0.2, 0) is 19.6 Å². The van der Waals surface area contributed by atoms with Crippen molar-refractivity contribution in [2.45, 2.75) is 13.0 Å². The van der Waals surface area contributed by atoms with Gasteiger partial charge < -0.3 is 10.1 Å². The summed E-state index contributed by atoms with van der Waals surface area (Å²) in [7, 11) is -3.78. The smallest absolute Gasteiger partial charge is 0.260 e. The Morgan fingerprint density at radius 1 is 1.00 bits per heavy atom. The van der Waals surface area contributed by atoms with Crippen LogP contribution in [0.3, 0.4) is 0 Å². The molecule has 12 heteroatoms. The van der Waals surface area contributed by atoms with Gasteiger partial charge in [0, 0.05) is 0 Å². The minimum atomic E-state index is -3.78. The van der Waals surface area contributed by atoms with Gasteiger partial charge in [0.2, 0.25) is 10.0 Å². The van der Waals surface area contributed by atoms with Gasteiger partial charge in [-0.2, -0.15) is 5.10 Å². The maximum absolute atomic E-state index is 12.3. The highest BCUT2D eigenvalue weighted by atomic mass is 35.5. The van der Waals surface area contributed by atoms with Crippen LogP contribution in [0.25, 0.3) is 0 Å². The summed E-state index contributed by atoms with van der Waals surface area (Å²) in [5.41, 5.74) is 4.13. The lowest BCUT2D eigenvalue weighted by Gasteiger charge is -2.21. The fraction of sp³-hybridized carbons (Fsp3) is 0.192. The Balaban J connectivity index is 1.49. The number of nitrogens with zero attached hydrogens (tertiary/aromatic N) is 2. The van der Waals surface area contributed by atoms with Gasteiger partial charge in [-0.25, -0.2) is 13.8 Å². The summed E-state index contributed by atoms with van der Waals surface area (Å²) in [4.78, 5) is 24.5. The molecule has 0 aliphatic rings. The number of hydrazone groups is 1. The highest BCUT2D eigenvalue weighted by Gasteiger charge is 2.21. The third-order valence-corrected chi connectivity index (χ3v) is 7.09. The van der Waals surface area contributed by atoms with E-state index in [0.717, 1.165) is 16.1 Å². The number of rotatable bonds is 11. The molecule has 3 aromatic rings. The van der Waals surface area contributed by atoms with E-state index in [1.807, 2.05) is 37.3 Å². The number of sulfonamides is 1. The number of hydrogen-bond donors (Lipinski definition) is 2. The van der Waals surface area contributed by atoms with Crippen molar-refractivity contribution in [3.05, 3.63) is 94.0 Å². The van der Waals surface area contributed by atoms with Crippen molar-refractivity contribution in [3.63, 3.8) is 0 Å². The molecule has 0 radical (unpaired) electrons. The normalized spacial score (nSPS) is 12.1. The monoisotopic (exact) mass is 576 g/mol. The second-order valence-electron chi connectivity index (χ2n) is 8.22. The number of carbonyl (C=O) groups excluding carboxylic acids is 2. The molecule has 0 heterocycles. The molecule has 0 bridgehead atoms. The zero-order valence-corrected chi connectivity index (χ0v) is 22.9. The van der Waals surface area contributed by atoms with Crippen molar-refractivity contribution in [3.8, 4) is 5.75 Å². The Kier molecular flexibility index (Phi) is 10.1. The molecule has 3 rings (SSSR count). The van der Waals surface area contributed by atoms with E-state index in [4.69, 9.17) is 27.9 Å². The van der Waals surface area contributed by atoms with Crippen LogP contribution in [0.5, 0.6) is 5.75 Å². The van der Waals surface area contributed by atoms with Gasteiger partial charge in [-0.05, 0) is 60.5 Å². The summed E-state index contributed by atoms with van der Waals surface area (Å²) in [6, 6.07) is 20.4. The Morgan fingerprint density at radius 3 is 2.32 bits per heavy atom. The average molecular weight is 577 g/mol. The molecular weight excluding hydrogens is 551 g/mol. The van der Waals surface area contributed by atoms with Crippen LogP contribution >= 0.6 is 23.2 Å². The van der Waals surface area contributed by atoms with Crippen LogP contribution in [0.4, 0.5) is 5.69 Å². The highest BCUT2D eigenvalue weighted by molar-refractivity contribution is 7.92. The van der Waals surface area contributed by atoms with Crippen LogP contribution in [-0.4, -0.2) is 45.9 Å². The van der Waals surface area contributed by atoms with Crippen molar-refractivity contribution < 1.29 is 22.7 Å². The molecule has 0 saturated carbocycles. The summed E-state index contributed by atoms with van der Waals surface area (Å²) in [5.74, 6) is -0.425. The van der Waals surface area contributed by atoms with E-state index in [1.54, 1.807) is 24.3 Å². The van der Waals surface area contributed by atoms with E-state index in [0.29, 0.717) is 11.3 Å². The molecular formula is C26H26Cl2N4O5S. The van der Waals surface area contributed by atoms with Gasteiger partial charge in [0.05, 0.1) is 34.2 Å². The maximum Gasteiger partial charge on any atom is 0.260 e. The lowest BCUT2D eigenvalue weighted by Crippen LogP contribution is -2.39. The maximum atomic E-state index is 12.3. The minimum absolute atomic E-state index is 0.143. The van der Waals surface area contributed by atoms with Crippen LogP contribution in [0.15, 0.2) is 77.9 Å². The summed E-state index contributed by atoms with van der Waals surface area (Å²) in [6.07, 6.45) is 2.36. The van der Waals surface area contributed by atoms with E-state index in [9.17, 15) is 18.0 Å². The lowest BCUT2D eigenvalue weighted by atomic mass is 10.1. The number of anilines is 1. The first-order valence-corrected chi connectivity index (χ1v) is 13.9. The van der Waals surface area contributed by atoms with Gasteiger partial charge in [-0.3, -0.25) is 13.9 Å². The zero-order valence-electron chi connectivity index (χ0n) is 20.6. The van der Waals surface area contributed by atoms with Gasteiger partial charge in [0.15, 0.2) is 6.61 Å². The van der Waals surface area contributed by atoms with Crippen LogP contribution < -0.4 is 19.8 Å². The number of ether oxygens (including phenoxy) is 1. The van der Waals surface area contributed by atoms with Crippen LogP contribution in [0.1, 0.15) is 24.1 Å². The number of halogens is 2. The Bertz CT molecular complexity index is 1400. The Morgan fingerprint density at radius 2 is 1.68 bits per heavy atom. The third kappa shape index (κ3) is 8.76. The molecule has 38 heavy (non-hydrogen) atoms. The largest absolute Gasteiger partial charge is 0.484 e. The van der Waals surface area contributed by atoms with Gasteiger partial charge in [0.25, 0.3) is 11.8 Å². The fourth-order valence-corrected chi connectivity index (χ4v) is 4.43. The minimum Gasteiger partial charge on any atom is -0.484 e. The van der Waals surface area contributed by atoms with Crippen LogP contribution in [0, 0.1) is 0 Å². The Labute approximate surface area is 231 Å². The van der Waals surface area contributed by atoms with E-state index in [-0.39, 0.29) is 34.3 Å². The van der Waals surface area contributed by atoms with Gasteiger partial charge in [-0.1, -0.05) is 53.5 Å². The first-order valence-electron chi connectivity index (χ1n) is 11.3. The molecule has 0 fully saturated rings. The van der Waals surface area contributed by atoms with E-state index in [1.165, 1.54) is 24.4 Å². The number of benzene rings is 3. The van der Waals surface area contributed by atoms with Crippen molar-refractivity contribution in [1.82, 2.24) is 10.7 Å². The highest BCUT2D eigenvalue weighted by Crippen LogP contribution is 2.28. The topological polar surface area (TPSA) is 117 Å². The molecule has 2 N–H and O–H groups in total. The second-order valence-corrected chi connectivity index (χ2v) is 10.9.